The number of nitro groups is 1. The first-order valence-electron chi connectivity index (χ1n) is 6.04. The molecule has 0 radical (unpaired) electrons. The minimum Gasteiger partial charge on any atom is -0.360 e. The Morgan fingerprint density at radius 3 is 2.78 bits per heavy atom. The zero-order valence-corrected chi connectivity index (χ0v) is 11.0. The van der Waals surface area contributed by atoms with Crippen LogP contribution in [0.25, 0.3) is 0 Å². The van der Waals surface area contributed by atoms with Crippen LogP contribution in [-0.2, 0) is 0 Å². The summed E-state index contributed by atoms with van der Waals surface area (Å²) < 4.78 is 0. The maximum Gasteiger partial charge on any atom is 0.292 e. The summed E-state index contributed by atoms with van der Waals surface area (Å²) in [7, 11) is 0. The van der Waals surface area contributed by atoms with Crippen molar-refractivity contribution in [1.82, 2.24) is 5.32 Å². The summed E-state index contributed by atoms with van der Waals surface area (Å²) >= 11 is 5.97. The molecule has 1 saturated heterocycles. The first-order chi connectivity index (χ1) is 8.63. The maximum absolute atomic E-state index is 11.1. The van der Waals surface area contributed by atoms with Crippen molar-refractivity contribution >= 4 is 23.0 Å². The Hall–Kier alpha value is -1.33. The average molecular weight is 270 g/mol. The lowest BCUT2D eigenvalue weighted by Crippen LogP contribution is -2.57. The second kappa shape index (κ2) is 5.54. The fourth-order valence-electron chi connectivity index (χ4n) is 2.12. The summed E-state index contributed by atoms with van der Waals surface area (Å²) in [5.41, 5.74) is 0.751. The van der Waals surface area contributed by atoms with E-state index in [1.165, 1.54) is 6.07 Å². The van der Waals surface area contributed by atoms with E-state index in [2.05, 4.69) is 17.1 Å². The van der Waals surface area contributed by atoms with Gasteiger partial charge in [-0.05, 0) is 18.6 Å². The summed E-state index contributed by atoms with van der Waals surface area (Å²) in [4.78, 5) is 12.8. The van der Waals surface area contributed by atoms with Crippen LogP contribution in [0.1, 0.15) is 13.3 Å². The van der Waals surface area contributed by atoms with Crippen molar-refractivity contribution < 1.29 is 4.92 Å². The van der Waals surface area contributed by atoms with Gasteiger partial charge in [-0.15, -0.1) is 0 Å². The number of hydrogen-bond acceptors (Lipinski definition) is 4. The molecule has 0 spiro atoms. The van der Waals surface area contributed by atoms with Gasteiger partial charge in [0.25, 0.3) is 5.69 Å². The molecule has 0 amide bonds. The minimum absolute atomic E-state index is 0.125. The zero-order valence-electron chi connectivity index (χ0n) is 10.2. The number of nitrogens with one attached hydrogen (secondary N) is 1. The Morgan fingerprint density at radius 2 is 2.28 bits per heavy atom. The average Bonchev–Trinajstić information content (AvgIpc) is 2.25. The maximum atomic E-state index is 11.1. The highest BCUT2D eigenvalue weighted by Gasteiger charge is 2.29. The summed E-state index contributed by atoms with van der Waals surface area (Å²) in [6.45, 7) is 4.59. The molecule has 18 heavy (non-hydrogen) atoms. The standard InChI is InChI=1S/C12H16ClN3O2/c1-2-5-15(10-7-14-8-10)12-6-9(13)3-4-11(12)16(17)18/h3-4,6,10,14H,2,5,7-8H2,1H3. The van der Waals surface area contributed by atoms with Gasteiger partial charge < -0.3 is 10.2 Å². The molecule has 1 N–H and O–H groups in total. The van der Waals surface area contributed by atoms with Crippen LogP contribution in [0, 0.1) is 10.1 Å². The molecule has 1 fully saturated rings. The predicted octanol–water partition coefficient (Wildman–Crippen LogP) is 2.44. The van der Waals surface area contributed by atoms with Crippen LogP contribution >= 0.6 is 11.6 Å². The molecule has 1 aromatic rings. The number of anilines is 1. The number of nitrogens with zero attached hydrogens (tertiary/aromatic N) is 2. The van der Waals surface area contributed by atoms with Crippen molar-refractivity contribution in [3.63, 3.8) is 0 Å². The lowest BCUT2D eigenvalue weighted by Gasteiger charge is -2.39. The molecule has 0 aliphatic carbocycles. The third-order valence-corrected chi connectivity index (χ3v) is 3.34. The van der Waals surface area contributed by atoms with Crippen LogP contribution in [-0.4, -0.2) is 30.6 Å². The van der Waals surface area contributed by atoms with E-state index < -0.39 is 0 Å². The van der Waals surface area contributed by atoms with Crippen LogP contribution in [0.4, 0.5) is 11.4 Å². The van der Waals surface area contributed by atoms with Crippen molar-refractivity contribution in [3.8, 4) is 0 Å². The van der Waals surface area contributed by atoms with E-state index in [1.807, 2.05) is 0 Å². The molecular formula is C12H16ClN3O2. The van der Waals surface area contributed by atoms with Crippen molar-refractivity contribution in [2.45, 2.75) is 19.4 Å². The Labute approximate surface area is 111 Å². The topological polar surface area (TPSA) is 58.4 Å². The number of nitro benzene ring substituents is 1. The molecule has 98 valence electrons. The van der Waals surface area contributed by atoms with Gasteiger partial charge >= 0.3 is 0 Å². The molecule has 0 aromatic heterocycles. The van der Waals surface area contributed by atoms with E-state index in [0.29, 0.717) is 16.8 Å². The number of rotatable bonds is 5. The van der Waals surface area contributed by atoms with Gasteiger partial charge in [0.2, 0.25) is 0 Å². The largest absolute Gasteiger partial charge is 0.360 e. The van der Waals surface area contributed by atoms with Crippen molar-refractivity contribution in [2.75, 3.05) is 24.5 Å². The monoisotopic (exact) mass is 269 g/mol. The zero-order chi connectivity index (χ0) is 13.1. The Balaban J connectivity index is 2.37. The van der Waals surface area contributed by atoms with Crippen molar-refractivity contribution in [2.24, 2.45) is 0 Å². The van der Waals surface area contributed by atoms with E-state index >= 15 is 0 Å². The van der Waals surface area contributed by atoms with Gasteiger partial charge in [0.05, 0.1) is 11.0 Å². The second-order valence-corrected chi connectivity index (χ2v) is 4.83. The van der Waals surface area contributed by atoms with Gasteiger partial charge in [-0.25, -0.2) is 0 Å². The summed E-state index contributed by atoms with van der Waals surface area (Å²) in [6.07, 6.45) is 0.945. The van der Waals surface area contributed by atoms with E-state index in [9.17, 15) is 10.1 Å². The molecular weight excluding hydrogens is 254 g/mol. The number of benzene rings is 1. The van der Waals surface area contributed by atoms with Gasteiger partial charge in [0, 0.05) is 30.7 Å². The lowest BCUT2D eigenvalue weighted by atomic mass is 10.1. The highest BCUT2D eigenvalue weighted by atomic mass is 35.5. The first kappa shape index (κ1) is 13.1. The second-order valence-electron chi connectivity index (χ2n) is 4.40. The number of hydrogen-bond donors (Lipinski definition) is 1. The number of halogens is 1. The molecule has 1 aliphatic rings. The summed E-state index contributed by atoms with van der Waals surface area (Å²) in [6, 6.07) is 5.05. The molecule has 2 rings (SSSR count). The van der Waals surface area contributed by atoms with E-state index in [0.717, 1.165) is 26.1 Å². The van der Waals surface area contributed by atoms with Crippen molar-refractivity contribution in [3.05, 3.63) is 33.3 Å². The van der Waals surface area contributed by atoms with Crippen LogP contribution < -0.4 is 10.2 Å². The highest BCUT2D eigenvalue weighted by molar-refractivity contribution is 6.31. The van der Waals surface area contributed by atoms with E-state index in [1.54, 1.807) is 12.1 Å². The summed E-state index contributed by atoms with van der Waals surface area (Å²) in [5.74, 6) is 0. The highest BCUT2D eigenvalue weighted by Crippen LogP contribution is 2.33. The smallest absolute Gasteiger partial charge is 0.292 e. The normalized spacial score (nSPS) is 15.2. The van der Waals surface area contributed by atoms with Gasteiger partial charge in [-0.1, -0.05) is 18.5 Å². The van der Waals surface area contributed by atoms with Gasteiger partial charge in [-0.2, -0.15) is 0 Å². The molecule has 5 nitrogen and oxygen atoms in total. The molecule has 6 heteroatoms. The molecule has 1 heterocycles. The molecule has 1 aromatic carbocycles. The van der Waals surface area contributed by atoms with E-state index in [-0.39, 0.29) is 10.6 Å². The van der Waals surface area contributed by atoms with Crippen LogP contribution in [0.15, 0.2) is 18.2 Å². The quantitative estimate of drug-likeness (QED) is 0.659. The fraction of sp³-hybridized carbons (Fsp3) is 0.500. The van der Waals surface area contributed by atoms with Gasteiger partial charge in [0.1, 0.15) is 5.69 Å². The summed E-state index contributed by atoms with van der Waals surface area (Å²) in [5, 5.41) is 14.8. The van der Waals surface area contributed by atoms with Gasteiger partial charge in [-0.3, -0.25) is 10.1 Å². The fourth-order valence-corrected chi connectivity index (χ4v) is 2.28. The molecule has 0 unspecified atom stereocenters. The van der Waals surface area contributed by atoms with Crippen LogP contribution in [0.5, 0.6) is 0 Å². The van der Waals surface area contributed by atoms with Crippen molar-refractivity contribution in [1.29, 1.82) is 0 Å². The minimum atomic E-state index is -0.347. The Bertz CT molecular complexity index is 449. The first-order valence-corrected chi connectivity index (χ1v) is 6.42. The lowest BCUT2D eigenvalue weighted by molar-refractivity contribution is -0.384. The van der Waals surface area contributed by atoms with E-state index in [4.69, 9.17) is 11.6 Å². The third kappa shape index (κ3) is 2.57. The third-order valence-electron chi connectivity index (χ3n) is 3.11. The van der Waals surface area contributed by atoms with Gasteiger partial charge in [0.15, 0.2) is 0 Å². The van der Waals surface area contributed by atoms with Crippen LogP contribution in [0.3, 0.4) is 0 Å². The SMILES string of the molecule is CCCN(c1cc(Cl)ccc1[N+](=O)[O-])C1CNC1. The molecule has 1 aliphatic heterocycles. The Morgan fingerprint density at radius 1 is 1.56 bits per heavy atom. The molecule has 0 saturated carbocycles. The molecule has 0 bridgehead atoms. The Kier molecular flexibility index (Phi) is 4.04. The predicted molar refractivity (Wildman–Crippen MR) is 72.4 cm³/mol. The molecule has 0 atom stereocenters. The van der Waals surface area contributed by atoms with Crippen LogP contribution in [0.2, 0.25) is 5.02 Å².